The SMILES string of the molecule is COc1ccccc1CNC(=O)c1cc(C(=O)NCCCN(C)C)ccn1. The van der Waals surface area contributed by atoms with Crippen molar-refractivity contribution < 1.29 is 14.3 Å². The summed E-state index contributed by atoms with van der Waals surface area (Å²) in [7, 11) is 5.56. The molecule has 0 unspecified atom stereocenters. The Morgan fingerprint density at radius 1 is 1.11 bits per heavy atom. The van der Waals surface area contributed by atoms with Gasteiger partial charge in [-0.3, -0.25) is 14.6 Å². The topological polar surface area (TPSA) is 83.6 Å². The molecular formula is C20H26N4O3. The van der Waals surface area contributed by atoms with Crippen LogP contribution in [-0.4, -0.2) is 56.0 Å². The van der Waals surface area contributed by atoms with E-state index < -0.39 is 0 Å². The van der Waals surface area contributed by atoms with Crippen LogP contribution in [0.3, 0.4) is 0 Å². The van der Waals surface area contributed by atoms with E-state index in [4.69, 9.17) is 4.74 Å². The van der Waals surface area contributed by atoms with Crippen molar-refractivity contribution in [3.05, 3.63) is 59.4 Å². The lowest BCUT2D eigenvalue weighted by Gasteiger charge is -2.11. The van der Waals surface area contributed by atoms with Gasteiger partial charge in [-0.05, 0) is 45.3 Å². The maximum absolute atomic E-state index is 12.4. The van der Waals surface area contributed by atoms with Gasteiger partial charge in [0, 0.05) is 30.4 Å². The average Bonchev–Trinajstić information content (AvgIpc) is 2.69. The molecule has 1 heterocycles. The van der Waals surface area contributed by atoms with Crippen LogP contribution in [0.25, 0.3) is 0 Å². The molecule has 1 aromatic heterocycles. The van der Waals surface area contributed by atoms with Gasteiger partial charge in [0.25, 0.3) is 11.8 Å². The quantitative estimate of drug-likeness (QED) is 0.657. The van der Waals surface area contributed by atoms with E-state index >= 15 is 0 Å². The predicted molar refractivity (Wildman–Crippen MR) is 104 cm³/mol. The van der Waals surface area contributed by atoms with E-state index in [0.717, 1.165) is 18.5 Å². The number of pyridine rings is 1. The summed E-state index contributed by atoms with van der Waals surface area (Å²) >= 11 is 0. The molecule has 1 aromatic carbocycles. The van der Waals surface area contributed by atoms with Gasteiger partial charge in [-0.1, -0.05) is 18.2 Å². The molecule has 2 N–H and O–H groups in total. The Hall–Kier alpha value is -2.93. The number of para-hydroxylation sites is 1. The Morgan fingerprint density at radius 2 is 1.89 bits per heavy atom. The minimum absolute atomic E-state index is 0.200. The molecule has 7 nitrogen and oxygen atoms in total. The van der Waals surface area contributed by atoms with Crippen LogP contribution in [0.2, 0.25) is 0 Å². The van der Waals surface area contributed by atoms with Gasteiger partial charge < -0.3 is 20.3 Å². The van der Waals surface area contributed by atoms with Crippen LogP contribution in [-0.2, 0) is 6.54 Å². The number of hydrogen-bond acceptors (Lipinski definition) is 5. The third-order valence-corrected chi connectivity index (χ3v) is 3.95. The van der Waals surface area contributed by atoms with Crippen LogP contribution in [0.15, 0.2) is 42.6 Å². The molecule has 27 heavy (non-hydrogen) atoms. The van der Waals surface area contributed by atoms with Crippen molar-refractivity contribution in [3.8, 4) is 5.75 Å². The van der Waals surface area contributed by atoms with E-state index in [1.807, 2.05) is 38.4 Å². The Balaban J connectivity index is 1.93. The van der Waals surface area contributed by atoms with Gasteiger partial charge in [0.05, 0.1) is 7.11 Å². The summed E-state index contributed by atoms with van der Waals surface area (Å²) in [4.78, 5) is 30.7. The molecule has 2 rings (SSSR count). The summed E-state index contributed by atoms with van der Waals surface area (Å²) in [5.41, 5.74) is 1.48. The number of amides is 2. The minimum atomic E-state index is -0.344. The summed E-state index contributed by atoms with van der Waals surface area (Å²) in [6.45, 7) is 1.79. The Morgan fingerprint density at radius 3 is 2.63 bits per heavy atom. The van der Waals surface area contributed by atoms with Gasteiger partial charge in [0.2, 0.25) is 0 Å². The molecular weight excluding hydrogens is 344 g/mol. The first kappa shape index (κ1) is 20.4. The number of methoxy groups -OCH3 is 1. The highest BCUT2D eigenvalue weighted by Crippen LogP contribution is 2.16. The van der Waals surface area contributed by atoms with Gasteiger partial charge in [0.1, 0.15) is 11.4 Å². The van der Waals surface area contributed by atoms with Crippen molar-refractivity contribution >= 4 is 11.8 Å². The fraction of sp³-hybridized carbons (Fsp3) is 0.350. The fourth-order valence-electron chi connectivity index (χ4n) is 2.51. The summed E-state index contributed by atoms with van der Waals surface area (Å²) in [5, 5.41) is 5.65. The zero-order valence-electron chi connectivity index (χ0n) is 16.0. The molecule has 0 fully saturated rings. The van der Waals surface area contributed by atoms with E-state index in [9.17, 15) is 9.59 Å². The molecule has 0 aliphatic heterocycles. The van der Waals surface area contributed by atoms with Gasteiger partial charge in [-0.25, -0.2) is 0 Å². The number of rotatable bonds is 9. The van der Waals surface area contributed by atoms with Crippen molar-refractivity contribution in [1.82, 2.24) is 20.5 Å². The predicted octanol–water partition coefficient (Wildman–Crippen LogP) is 1.70. The molecule has 0 atom stereocenters. The smallest absolute Gasteiger partial charge is 0.270 e. The first-order chi connectivity index (χ1) is 13.0. The molecule has 0 spiro atoms. The molecule has 0 aliphatic carbocycles. The third-order valence-electron chi connectivity index (χ3n) is 3.95. The monoisotopic (exact) mass is 370 g/mol. The maximum atomic E-state index is 12.4. The Kier molecular flexibility index (Phi) is 7.76. The maximum Gasteiger partial charge on any atom is 0.270 e. The van der Waals surface area contributed by atoms with Crippen molar-refractivity contribution in [3.63, 3.8) is 0 Å². The number of nitrogens with zero attached hydrogens (tertiary/aromatic N) is 2. The van der Waals surface area contributed by atoms with Crippen molar-refractivity contribution in [2.75, 3.05) is 34.3 Å². The van der Waals surface area contributed by atoms with Gasteiger partial charge in [0.15, 0.2) is 0 Å². The lowest BCUT2D eigenvalue weighted by atomic mass is 10.2. The summed E-state index contributed by atoms with van der Waals surface area (Å²) in [5.74, 6) is 0.148. The van der Waals surface area contributed by atoms with Crippen LogP contribution in [0.5, 0.6) is 5.75 Å². The van der Waals surface area contributed by atoms with Crippen LogP contribution in [0, 0.1) is 0 Å². The number of benzene rings is 1. The zero-order valence-corrected chi connectivity index (χ0v) is 16.0. The molecule has 0 saturated carbocycles. The average molecular weight is 370 g/mol. The number of carbonyl (C=O) groups excluding carboxylic acids is 2. The molecule has 2 amide bonds. The van der Waals surface area contributed by atoms with E-state index in [-0.39, 0.29) is 17.5 Å². The lowest BCUT2D eigenvalue weighted by Crippen LogP contribution is -2.28. The number of aromatic nitrogens is 1. The molecule has 7 heteroatoms. The fourth-order valence-corrected chi connectivity index (χ4v) is 2.51. The number of ether oxygens (including phenoxy) is 1. The van der Waals surface area contributed by atoms with Crippen molar-refractivity contribution in [1.29, 1.82) is 0 Å². The van der Waals surface area contributed by atoms with Crippen LogP contribution < -0.4 is 15.4 Å². The van der Waals surface area contributed by atoms with E-state index in [1.165, 1.54) is 12.3 Å². The van der Waals surface area contributed by atoms with Gasteiger partial charge in [-0.2, -0.15) is 0 Å². The Bertz CT molecular complexity index is 777. The summed E-state index contributed by atoms with van der Waals surface area (Å²) < 4.78 is 5.27. The second-order valence-corrected chi connectivity index (χ2v) is 6.34. The number of nitrogens with one attached hydrogen (secondary N) is 2. The molecule has 144 valence electrons. The molecule has 0 radical (unpaired) electrons. The highest BCUT2D eigenvalue weighted by Gasteiger charge is 2.12. The normalized spacial score (nSPS) is 10.5. The highest BCUT2D eigenvalue weighted by molar-refractivity contribution is 5.98. The minimum Gasteiger partial charge on any atom is -0.496 e. The van der Waals surface area contributed by atoms with Gasteiger partial charge in [-0.15, -0.1) is 0 Å². The first-order valence-corrected chi connectivity index (χ1v) is 8.80. The van der Waals surface area contributed by atoms with Crippen LogP contribution in [0.4, 0.5) is 0 Å². The lowest BCUT2D eigenvalue weighted by molar-refractivity contribution is 0.0945. The largest absolute Gasteiger partial charge is 0.496 e. The van der Waals surface area contributed by atoms with Gasteiger partial charge >= 0.3 is 0 Å². The molecule has 0 aliphatic rings. The van der Waals surface area contributed by atoms with Crippen LogP contribution >= 0.6 is 0 Å². The molecule has 0 bridgehead atoms. The van der Waals surface area contributed by atoms with E-state index in [1.54, 1.807) is 13.2 Å². The zero-order chi connectivity index (χ0) is 19.6. The second-order valence-electron chi connectivity index (χ2n) is 6.34. The highest BCUT2D eigenvalue weighted by atomic mass is 16.5. The summed E-state index contributed by atoms with van der Waals surface area (Å²) in [6, 6.07) is 10.6. The first-order valence-electron chi connectivity index (χ1n) is 8.80. The molecule has 0 saturated heterocycles. The summed E-state index contributed by atoms with van der Waals surface area (Å²) in [6.07, 6.45) is 2.32. The molecule has 2 aromatic rings. The second kappa shape index (κ2) is 10.3. The van der Waals surface area contributed by atoms with Crippen molar-refractivity contribution in [2.24, 2.45) is 0 Å². The van der Waals surface area contributed by atoms with E-state index in [0.29, 0.717) is 24.4 Å². The number of carbonyl (C=O) groups is 2. The number of hydrogen-bond donors (Lipinski definition) is 2. The standard InChI is InChI=1S/C20H26N4O3/c1-24(2)12-6-10-22-19(25)15-9-11-21-17(13-15)20(26)23-14-16-7-4-5-8-18(16)27-3/h4-5,7-9,11,13H,6,10,12,14H2,1-3H3,(H,22,25)(H,23,26). The van der Waals surface area contributed by atoms with Crippen molar-refractivity contribution in [2.45, 2.75) is 13.0 Å². The van der Waals surface area contributed by atoms with Crippen LogP contribution in [0.1, 0.15) is 32.8 Å². The Labute approximate surface area is 159 Å². The van der Waals surface area contributed by atoms with E-state index in [2.05, 4.69) is 20.5 Å². The third kappa shape index (κ3) is 6.38.